The van der Waals surface area contributed by atoms with Gasteiger partial charge in [0.2, 0.25) is 5.00 Å². The first-order valence-electron chi connectivity index (χ1n) is 8.00. The smallest absolute Gasteiger partial charge is 0.335 e. The average Bonchev–Trinajstić information content (AvgIpc) is 3.01. The normalized spacial score (nSPS) is 10.9. The number of benzene rings is 2. The molecule has 0 saturated carbocycles. The van der Waals surface area contributed by atoms with Gasteiger partial charge in [-0.2, -0.15) is 4.98 Å². The van der Waals surface area contributed by atoms with Gasteiger partial charge >= 0.3 is 5.97 Å². The Morgan fingerprint density at radius 3 is 2.48 bits per heavy atom. The highest BCUT2D eigenvalue weighted by molar-refractivity contribution is 7.19. The highest BCUT2D eigenvalue weighted by Crippen LogP contribution is 2.38. The van der Waals surface area contributed by atoms with Crippen molar-refractivity contribution < 1.29 is 19.7 Å². The van der Waals surface area contributed by atoms with E-state index in [1.165, 1.54) is 24.3 Å². The molecule has 3 aromatic rings. The molecule has 9 heteroatoms. The first kappa shape index (κ1) is 18.3. The van der Waals surface area contributed by atoms with Crippen molar-refractivity contribution in [1.29, 1.82) is 0 Å². The first-order chi connectivity index (χ1) is 13.0. The summed E-state index contributed by atoms with van der Waals surface area (Å²) >= 11 is 1.14. The summed E-state index contributed by atoms with van der Waals surface area (Å²) in [7, 11) is 0. The van der Waals surface area contributed by atoms with E-state index in [1.807, 2.05) is 31.2 Å². The summed E-state index contributed by atoms with van der Waals surface area (Å²) in [6.45, 7) is 2.52. The fourth-order valence-electron chi connectivity index (χ4n) is 2.12. The Morgan fingerprint density at radius 2 is 1.85 bits per heavy atom. The van der Waals surface area contributed by atoms with Crippen LogP contribution in [0.4, 0.5) is 21.5 Å². The van der Waals surface area contributed by atoms with Crippen LogP contribution < -0.4 is 10.1 Å². The van der Waals surface area contributed by atoms with E-state index in [0.717, 1.165) is 22.8 Å². The van der Waals surface area contributed by atoms with E-state index in [-0.39, 0.29) is 16.4 Å². The number of hydrogen-bond donors (Lipinski definition) is 3. The van der Waals surface area contributed by atoms with Crippen molar-refractivity contribution in [2.24, 2.45) is 10.2 Å². The number of azo groups is 1. The average molecular weight is 384 g/mol. The molecule has 0 atom stereocenters. The summed E-state index contributed by atoms with van der Waals surface area (Å²) < 4.78 is 5.39. The van der Waals surface area contributed by atoms with Crippen LogP contribution in [-0.4, -0.2) is 27.8 Å². The number of carbonyl (C=O) groups is 1. The van der Waals surface area contributed by atoms with Gasteiger partial charge in [0.1, 0.15) is 5.75 Å². The number of carboxylic acid groups (broad SMARTS) is 1. The van der Waals surface area contributed by atoms with Gasteiger partial charge in [0.05, 0.1) is 17.9 Å². The van der Waals surface area contributed by atoms with Crippen LogP contribution in [0.5, 0.6) is 11.6 Å². The van der Waals surface area contributed by atoms with E-state index in [9.17, 15) is 9.90 Å². The summed E-state index contributed by atoms with van der Waals surface area (Å²) in [4.78, 5) is 14.8. The third-order valence-corrected chi connectivity index (χ3v) is 4.22. The number of ether oxygens (including phenoxy) is 1. The van der Waals surface area contributed by atoms with E-state index in [1.54, 1.807) is 0 Å². The maximum atomic E-state index is 10.8. The lowest BCUT2D eigenvalue weighted by atomic mass is 10.2. The van der Waals surface area contributed by atoms with Crippen LogP contribution in [0.25, 0.3) is 0 Å². The minimum absolute atomic E-state index is 0.163. The Bertz CT molecular complexity index is 952. The molecule has 1 heterocycles. The molecule has 27 heavy (non-hydrogen) atoms. The zero-order valence-electron chi connectivity index (χ0n) is 14.3. The lowest BCUT2D eigenvalue weighted by Crippen LogP contribution is -1.93. The van der Waals surface area contributed by atoms with Crippen molar-refractivity contribution in [2.45, 2.75) is 6.92 Å². The van der Waals surface area contributed by atoms with Crippen molar-refractivity contribution in [2.75, 3.05) is 11.9 Å². The van der Waals surface area contributed by atoms with E-state index >= 15 is 0 Å². The standard InChI is InChI=1S/C18H16N4O4S/c1-2-26-14-9-7-12(8-10-14)19-18-20-15(23)16(27-18)22-21-13-5-3-11(4-6-13)17(24)25/h3-10,23H,2H2,1H3,(H,19,20)(H,24,25). The fraction of sp³-hybridized carbons (Fsp3) is 0.111. The molecule has 0 saturated heterocycles. The second-order valence-corrected chi connectivity index (χ2v) is 6.26. The van der Waals surface area contributed by atoms with Crippen LogP contribution in [0.2, 0.25) is 0 Å². The molecule has 3 rings (SSSR count). The number of nitrogens with zero attached hydrogens (tertiary/aromatic N) is 3. The van der Waals surface area contributed by atoms with Crippen LogP contribution in [0.1, 0.15) is 17.3 Å². The third kappa shape index (κ3) is 4.79. The fourth-order valence-corrected chi connectivity index (χ4v) is 2.82. The Labute approximate surface area is 158 Å². The molecule has 0 radical (unpaired) electrons. The molecule has 1 aromatic heterocycles. The summed E-state index contributed by atoms with van der Waals surface area (Å²) in [6.07, 6.45) is 0. The van der Waals surface area contributed by atoms with Gasteiger partial charge < -0.3 is 20.3 Å². The summed E-state index contributed by atoms with van der Waals surface area (Å²) in [5.74, 6) is -0.476. The molecular formula is C18H16N4O4S. The van der Waals surface area contributed by atoms with Crippen molar-refractivity contribution in [3.05, 3.63) is 54.1 Å². The highest BCUT2D eigenvalue weighted by atomic mass is 32.1. The van der Waals surface area contributed by atoms with E-state index in [2.05, 4.69) is 20.5 Å². The number of thiazole rings is 1. The highest BCUT2D eigenvalue weighted by Gasteiger charge is 2.10. The van der Waals surface area contributed by atoms with Gasteiger partial charge in [0, 0.05) is 5.69 Å². The van der Waals surface area contributed by atoms with Crippen molar-refractivity contribution in [3.63, 3.8) is 0 Å². The van der Waals surface area contributed by atoms with E-state index in [4.69, 9.17) is 9.84 Å². The molecule has 0 spiro atoms. The maximum absolute atomic E-state index is 10.8. The zero-order valence-corrected chi connectivity index (χ0v) is 15.1. The van der Waals surface area contributed by atoms with Crippen LogP contribution in [-0.2, 0) is 0 Å². The van der Waals surface area contributed by atoms with Crippen molar-refractivity contribution in [3.8, 4) is 11.6 Å². The molecule has 138 valence electrons. The van der Waals surface area contributed by atoms with E-state index < -0.39 is 5.97 Å². The van der Waals surface area contributed by atoms with Crippen molar-refractivity contribution >= 4 is 38.8 Å². The molecule has 0 unspecified atom stereocenters. The molecule has 3 N–H and O–H groups in total. The second-order valence-electron chi connectivity index (χ2n) is 5.28. The molecule has 2 aromatic carbocycles. The third-order valence-electron chi connectivity index (χ3n) is 3.38. The van der Waals surface area contributed by atoms with Gasteiger partial charge in [-0.3, -0.25) is 0 Å². The second kappa shape index (κ2) is 8.28. The zero-order chi connectivity index (χ0) is 19.2. The number of aromatic nitrogens is 1. The van der Waals surface area contributed by atoms with Gasteiger partial charge in [-0.05, 0) is 55.5 Å². The van der Waals surface area contributed by atoms with Gasteiger partial charge in [0.25, 0.3) is 5.88 Å². The Morgan fingerprint density at radius 1 is 1.15 bits per heavy atom. The summed E-state index contributed by atoms with van der Waals surface area (Å²) in [5, 5.41) is 30.6. The van der Waals surface area contributed by atoms with Crippen LogP contribution in [0.3, 0.4) is 0 Å². The SMILES string of the molecule is CCOc1ccc(Nc2nc(O)c(N=Nc3ccc(C(=O)O)cc3)s2)cc1. The minimum atomic E-state index is -1.01. The molecule has 0 aliphatic rings. The maximum Gasteiger partial charge on any atom is 0.335 e. The summed E-state index contributed by atoms with van der Waals surface area (Å²) in [6, 6.07) is 13.3. The largest absolute Gasteiger partial charge is 0.494 e. The molecule has 0 aliphatic heterocycles. The Hall–Kier alpha value is -3.46. The van der Waals surface area contributed by atoms with E-state index in [0.29, 0.717) is 17.4 Å². The number of aromatic hydroxyl groups is 1. The number of anilines is 2. The topological polar surface area (TPSA) is 116 Å². The van der Waals surface area contributed by atoms with Crippen LogP contribution >= 0.6 is 11.3 Å². The predicted molar refractivity (Wildman–Crippen MR) is 102 cm³/mol. The lowest BCUT2D eigenvalue weighted by molar-refractivity contribution is 0.0697. The molecule has 0 bridgehead atoms. The molecule has 8 nitrogen and oxygen atoms in total. The predicted octanol–water partition coefficient (Wildman–Crippen LogP) is 5.10. The molecule has 0 fully saturated rings. The van der Waals surface area contributed by atoms with Gasteiger partial charge in [-0.15, -0.1) is 10.2 Å². The number of nitrogens with one attached hydrogen (secondary N) is 1. The van der Waals surface area contributed by atoms with Gasteiger partial charge in [-0.1, -0.05) is 11.3 Å². The van der Waals surface area contributed by atoms with Crippen LogP contribution in [0, 0.1) is 0 Å². The van der Waals surface area contributed by atoms with Crippen molar-refractivity contribution in [1.82, 2.24) is 4.98 Å². The number of hydrogen-bond acceptors (Lipinski definition) is 8. The number of carboxylic acids is 1. The monoisotopic (exact) mass is 384 g/mol. The Balaban J connectivity index is 1.69. The minimum Gasteiger partial charge on any atom is -0.494 e. The van der Waals surface area contributed by atoms with Gasteiger partial charge in [-0.25, -0.2) is 4.79 Å². The van der Waals surface area contributed by atoms with Crippen LogP contribution in [0.15, 0.2) is 58.8 Å². The first-order valence-corrected chi connectivity index (χ1v) is 8.81. The molecular weight excluding hydrogens is 368 g/mol. The quantitative estimate of drug-likeness (QED) is 0.488. The molecule has 0 aliphatic carbocycles. The summed E-state index contributed by atoms with van der Waals surface area (Å²) in [5.41, 5.74) is 1.42. The number of rotatable bonds is 7. The molecule has 0 amide bonds. The number of aromatic carboxylic acids is 1. The lowest BCUT2D eigenvalue weighted by Gasteiger charge is -2.05. The van der Waals surface area contributed by atoms with Gasteiger partial charge in [0.15, 0.2) is 5.13 Å². The Kier molecular flexibility index (Phi) is 5.62.